The number of aromatic nitrogens is 3. The third-order valence-corrected chi connectivity index (χ3v) is 10.9. The summed E-state index contributed by atoms with van der Waals surface area (Å²) in [5.74, 6) is 2.22. The van der Waals surface area contributed by atoms with Gasteiger partial charge in [-0.15, -0.1) is 13.2 Å². The van der Waals surface area contributed by atoms with E-state index in [2.05, 4.69) is 14.9 Å². The van der Waals surface area contributed by atoms with Gasteiger partial charge in [-0.25, -0.2) is 18.2 Å². The van der Waals surface area contributed by atoms with Crippen molar-refractivity contribution in [3.8, 4) is 5.75 Å². The van der Waals surface area contributed by atoms with Gasteiger partial charge in [-0.05, 0) is 37.8 Å². The van der Waals surface area contributed by atoms with E-state index >= 15 is 0 Å². The lowest BCUT2D eigenvalue weighted by molar-refractivity contribution is -0.274. The molecule has 5 aliphatic rings. The van der Waals surface area contributed by atoms with Crippen molar-refractivity contribution >= 4 is 16.1 Å². The van der Waals surface area contributed by atoms with Crippen LogP contribution in [0.15, 0.2) is 29.2 Å². The molecule has 2 amide bonds. The fraction of sp³-hybridized carbons (Fsp3) is 0.640. The second-order valence-electron chi connectivity index (χ2n) is 12.1. The Bertz CT molecular complexity index is 1400. The molecule has 0 bridgehead atoms. The lowest BCUT2D eigenvalue weighted by Gasteiger charge is -2.63. The molecule has 0 radical (unpaired) electrons. The Hall–Kier alpha value is -2.87. The first-order chi connectivity index (χ1) is 18.4. The summed E-state index contributed by atoms with van der Waals surface area (Å²) in [6.45, 7) is 2.86. The van der Waals surface area contributed by atoms with Crippen molar-refractivity contribution in [2.45, 2.75) is 55.2 Å². The smallest absolute Gasteiger partial charge is 0.406 e. The first kappa shape index (κ1) is 25.1. The zero-order valence-corrected chi connectivity index (χ0v) is 22.0. The maximum absolute atomic E-state index is 13.0. The van der Waals surface area contributed by atoms with E-state index in [1.807, 2.05) is 4.90 Å². The fourth-order valence-corrected chi connectivity index (χ4v) is 8.51. The van der Waals surface area contributed by atoms with Crippen molar-refractivity contribution < 1.29 is 31.1 Å². The number of likely N-dealkylation sites (tertiary alicyclic amines) is 2. The Morgan fingerprint density at radius 3 is 2.28 bits per heavy atom. The Balaban J connectivity index is 0.876. The third kappa shape index (κ3) is 4.26. The van der Waals surface area contributed by atoms with Gasteiger partial charge in [0.15, 0.2) is 5.82 Å². The minimum Gasteiger partial charge on any atom is -0.406 e. The van der Waals surface area contributed by atoms with Gasteiger partial charge in [0.05, 0.1) is 4.90 Å². The van der Waals surface area contributed by atoms with Gasteiger partial charge < -0.3 is 14.5 Å². The Morgan fingerprint density at radius 1 is 1.00 bits per heavy atom. The van der Waals surface area contributed by atoms with E-state index in [9.17, 15) is 26.4 Å². The first-order valence-corrected chi connectivity index (χ1v) is 14.7. The molecule has 7 rings (SSSR count). The van der Waals surface area contributed by atoms with Crippen molar-refractivity contribution in [3.63, 3.8) is 0 Å². The number of carbonyl (C=O) groups is 1. The van der Waals surface area contributed by atoms with E-state index in [-0.39, 0.29) is 34.8 Å². The highest BCUT2D eigenvalue weighted by Crippen LogP contribution is 2.56. The number of alkyl halides is 3. The van der Waals surface area contributed by atoms with Gasteiger partial charge >= 0.3 is 12.4 Å². The Morgan fingerprint density at radius 2 is 1.67 bits per heavy atom. The maximum Gasteiger partial charge on any atom is 0.573 e. The van der Waals surface area contributed by atoms with Gasteiger partial charge in [0, 0.05) is 68.0 Å². The Kier molecular flexibility index (Phi) is 5.36. The van der Waals surface area contributed by atoms with Crippen LogP contribution in [0.25, 0.3) is 0 Å². The van der Waals surface area contributed by atoms with Crippen LogP contribution in [0.4, 0.5) is 18.0 Å². The van der Waals surface area contributed by atoms with E-state index in [0.717, 1.165) is 49.7 Å². The largest absolute Gasteiger partial charge is 0.573 e. The molecule has 0 unspecified atom stereocenters. The number of aromatic amines is 1. The molecule has 3 aliphatic heterocycles. The molecule has 2 aliphatic carbocycles. The number of rotatable bonds is 5. The molecule has 1 N–H and O–H groups in total. The first-order valence-electron chi connectivity index (χ1n) is 13.2. The minimum atomic E-state index is -4.91. The molecule has 10 nitrogen and oxygen atoms in total. The zero-order chi connectivity index (χ0) is 27.2. The van der Waals surface area contributed by atoms with Crippen molar-refractivity contribution in [2.75, 3.05) is 39.3 Å². The molecule has 0 atom stereocenters. The molecule has 2 saturated carbocycles. The number of benzene rings is 1. The molecular formula is C25H29F3N6O4S. The van der Waals surface area contributed by atoms with E-state index in [1.54, 1.807) is 4.90 Å². The van der Waals surface area contributed by atoms with Crippen molar-refractivity contribution in [1.29, 1.82) is 0 Å². The third-order valence-electron chi connectivity index (χ3n) is 9.08. The van der Waals surface area contributed by atoms with Gasteiger partial charge in [-0.1, -0.05) is 12.5 Å². The summed E-state index contributed by atoms with van der Waals surface area (Å²) in [4.78, 5) is 21.1. The number of nitrogens with one attached hydrogen (secondary N) is 1. The number of nitrogens with zero attached hydrogens (tertiary/aromatic N) is 5. The lowest BCUT2D eigenvalue weighted by Crippen LogP contribution is -2.76. The number of amides is 2. The highest BCUT2D eigenvalue weighted by atomic mass is 32.2. The number of ether oxygens (including phenoxy) is 1. The number of hydrogen-bond acceptors (Lipinski definition) is 6. The number of sulfonamides is 1. The summed E-state index contributed by atoms with van der Waals surface area (Å²) >= 11 is 0. The topological polar surface area (TPSA) is 112 Å². The standard InChI is InChI=1S/C25H29F3N6O4S/c26-25(27,28)38-18-5-2-6-19(7-18)39(36,37)34-14-24(15-34)12-33(13-24)22(35)32-10-23(11-32)8-17(9-23)21-29-20(30-31-21)16-3-1-4-16/h2,5-7,16-17H,1,3-4,8-15H2,(H,29,30,31). The van der Waals surface area contributed by atoms with Crippen molar-refractivity contribution in [1.82, 2.24) is 29.3 Å². The van der Waals surface area contributed by atoms with Gasteiger partial charge in [-0.2, -0.15) is 9.40 Å². The second kappa shape index (κ2) is 8.32. The van der Waals surface area contributed by atoms with Gasteiger partial charge in [0.1, 0.15) is 11.6 Å². The summed E-state index contributed by atoms with van der Waals surface area (Å²) in [6, 6.07) is 4.39. The van der Waals surface area contributed by atoms with Crippen LogP contribution in [0.5, 0.6) is 5.75 Å². The molecule has 2 aromatic rings. The van der Waals surface area contributed by atoms with Crippen molar-refractivity contribution in [2.24, 2.45) is 10.8 Å². The molecule has 210 valence electrons. The SMILES string of the molecule is O=C(N1CC2(CC(c3n[nH]c(C4CCC4)n3)C2)C1)N1CC2(C1)CN(S(=O)(=O)c1cccc(OC(F)(F)F)c1)C2. The quantitative estimate of drug-likeness (QED) is 0.595. The average molecular weight is 567 g/mol. The highest BCUT2D eigenvalue weighted by molar-refractivity contribution is 7.89. The number of urea groups is 1. The van der Waals surface area contributed by atoms with E-state index in [0.29, 0.717) is 24.9 Å². The summed E-state index contributed by atoms with van der Waals surface area (Å²) in [5, 5.41) is 7.55. The zero-order valence-electron chi connectivity index (χ0n) is 21.2. The minimum absolute atomic E-state index is 0.0156. The van der Waals surface area contributed by atoms with Crippen LogP contribution in [-0.4, -0.2) is 89.4 Å². The van der Waals surface area contributed by atoms with Gasteiger partial charge in [0.25, 0.3) is 0 Å². The Labute approximate surface area is 223 Å². The fourth-order valence-electron chi connectivity index (χ4n) is 6.81. The van der Waals surface area contributed by atoms with E-state index in [1.165, 1.54) is 35.7 Å². The molecule has 2 spiro atoms. The molecule has 1 aromatic heterocycles. The van der Waals surface area contributed by atoms with Crippen LogP contribution in [0.3, 0.4) is 0 Å². The van der Waals surface area contributed by atoms with Crippen LogP contribution in [0.1, 0.15) is 55.6 Å². The van der Waals surface area contributed by atoms with Crippen LogP contribution >= 0.6 is 0 Å². The summed E-state index contributed by atoms with van der Waals surface area (Å²) in [5.41, 5.74) is -0.136. The average Bonchev–Trinajstić information content (AvgIpc) is 3.16. The van der Waals surface area contributed by atoms with Crippen LogP contribution < -0.4 is 4.74 Å². The van der Waals surface area contributed by atoms with Crippen LogP contribution in [-0.2, 0) is 10.0 Å². The second-order valence-corrected chi connectivity index (χ2v) is 14.0. The van der Waals surface area contributed by atoms with Gasteiger partial charge in [0.2, 0.25) is 10.0 Å². The summed E-state index contributed by atoms with van der Waals surface area (Å²) < 4.78 is 68.5. The van der Waals surface area contributed by atoms with E-state index < -0.39 is 22.1 Å². The molecule has 1 aromatic carbocycles. The highest BCUT2D eigenvalue weighted by Gasteiger charge is 2.60. The summed E-state index contributed by atoms with van der Waals surface area (Å²) in [7, 11) is -3.96. The van der Waals surface area contributed by atoms with Crippen molar-refractivity contribution in [3.05, 3.63) is 35.9 Å². The maximum atomic E-state index is 13.0. The predicted molar refractivity (Wildman–Crippen MR) is 130 cm³/mol. The van der Waals surface area contributed by atoms with Crippen LogP contribution in [0.2, 0.25) is 0 Å². The number of halogens is 3. The number of carbonyl (C=O) groups excluding carboxylic acids is 1. The predicted octanol–water partition coefficient (Wildman–Crippen LogP) is 3.28. The molecule has 3 saturated heterocycles. The monoisotopic (exact) mass is 566 g/mol. The number of H-pyrrole nitrogens is 1. The number of hydrogen-bond donors (Lipinski definition) is 1. The molecule has 39 heavy (non-hydrogen) atoms. The normalized spacial score (nSPS) is 24.5. The summed E-state index contributed by atoms with van der Waals surface area (Å²) in [6.07, 6.45) is 0.694. The van der Waals surface area contributed by atoms with Gasteiger partial charge in [-0.3, -0.25) is 5.10 Å². The molecule has 14 heteroatoms. The van der Waals surface area contributed by atoms with E-state index in [4.69, 9.17) is 4.98 Å². The molecule has 5 fully saturated rings. The lowest BCUT2D eigenvalue weighted by atomic mass is 9.57. The molecular weight excluding hydrogens is 537 g/mol. The molecule has 4 heterocycles. The van der Waals surface area contributed by atoms with Crippen LogP contribution in [0, 0.1) is 10.8 Å².